The van der Waals surface area contributed by atoms with Crippen LogP contribution in [0.25, 0.3) is 11.0 Å². The van der Waals surface area contributed by atoms with Crippen molar-refractivity contribution in [2.75, 3.05) is 7.11 Å². The second-order valence-electron chi connectivity index (χ2n) is 5.40. The molecule has 108 valence electrons. The number of nitrogens with zero attached hydrogens (tertiary/aromatic N) is 2. The van der Waals surface area contributed by atoms with Crippen molar-refractivity contribution in [3.63, 3.8) is 0 Å². The number of rotatable bonds is 4. The lowest BCUT2D eigenvalue weighted by Crippen LogP contribution is -2.40. The van der Waals surface area contributed by atoms with E-state index in [9.17, 15) is 4.39 Å². The average molecular weight is 297 g/mol. The molecule has 0 radical (unpaired) electrons. The van der Waals surface area contributed by atoms with E-state index in [1.54, 1.807) is 6.07 Å². The van der Waals surface area contributed by atoms with Crippen LogP contribution in [0.1, 0.15) is 38.4 Å². The van der Waals surface area contributed by atoms with Crippen LogP contribution < -0.4 is 4.74 Å². The first-order valence-electron chi connectivity index (χ1n) is 6.96. The van der Waals surface area contributed by atoms with Crippen LogP contribution in [0.4, 0.5) is 4.39 Å². The van der Waals surface area contributed by atoms with Gasteiger partial charge in [-0.05, 0) is 25.7 Å². The minimum atomic E-state index is -0.384. The van der Waals surface area contributed by atoms with Crippen molar-refractivity contribution in [1.29, 1.82) is 0 Å². The van der Waals surface area contributed by atoms with Crippen LogP contribution in [-0.2, 0) is 11.4 Å². The number of benzene rings is 1. The minimum Gasteiger partial charge on any atom is -0.494 e. The summed E-state index contributed by atoms with van der Waals surface area (Å²) in [6, 6.07) is 3.17. The molecule has 1 heterocycles. The number of ether oxygens (including phenoxy) is 1. The maximum atomic E-state index is 13.8. The number of alkyl halides is 1. The predicted octanol–water partition coefficient (Wildman–Crippen LogP) is 4.21. The Labute approximate surface area is 122 Å². The van der Waals surface area contributed by atoms with Gasteiger partial charge in [-0.1, -0.05) is 6.92 Å². The number of methoxy groups -OCH3 is 1. The standard InChI is InChI=1S/C15H18ClFN2O/c1-3-15(5-4-6-15)19-12-8-13(20-2)10(17)7-11(12)18-14(19)9-16/h7-8H,3-6,9H2,1-2H3. The van der Waals surface area contributed by atoms with Gasteiger partial charge in [0.1, 0.15) is 5.82 Å². The molecule has 1 aliphatic carbocycles. The lowest BCUT2D eigenvalue weighted by molar-refractivity contribution is 0.138. The Morgan fingerprint density at radius 3 is 2.70 bits per heavy atom. The SMILES string of the molecule is CCC1(n2c(CCl)nc3cc(F)c(OC)cc32)CCC1. The van der Waals surface area contributed by atoms with Crippen LogP contribution in [0, 0.1) is 5.82 Å². The van der Waals surface area contributed by atoms with Crippen LogP contribution in [0.3, 0.4) is 0 Å². The molecule has 1 fully saturated rings. The fourth-order valence-corrected chi connectivity index (χ4v) is 3.40. The summed E-state index contributed by atoms with van der Waals surface area (Å²) in [5.74, 6) is 1.02. The van der Waals surface area contributed by atoms with Gasteiger partial charge in [0, 0.05) is 17.7 Å². The molecule has 0 amide bonds. The molecule has 0 saturated heterocycles. The number of hydrogen-bond acceptors (Lipinski definition) is 2. The highest BCUT2D eigenvalue weighted by molar-refractivity contribution is 6.16. The van der Waals surface area contributed by atoms with E-state index in [1.165, 1.54) is 19.6 Å². The Hall–Kier alpha value is -1.29. The van der Waals surface area contributed by atoms with Crippen molar-refractivity contribution in [2.24, 2.45) is 0 Å². The highest BCUT2D eigenvalue weighted by atomic mass is 35.5. The van der Waals surface area contributed by atoms with E-state index in [0.29, 0.717) is 11.4 Å². The van der Waals surface area contributed by atoms with Crippen molar-refractivity contribution < 1.29 is 9.13 Å². The molecule has 0 bridgehead atoms. The molecule has 0 aliphatic heterocycles. The number of imidazole rings is 1. The number of aromatic nitrogens is 2. The molecule has 20 heavy (non-hydrogen) atoms. The normalized spacial score (nSPS) is 17.2. The monoisotopic (exact) mass is 296 g/mol. The molecule has 0 N–H and O–H groups in total. The highest BCUT2D eigenvalue weighted by Gasteiger charge is 2.39. The fourth-order valence-electron chi connectivity index (χ4n) is 3.22. The topological polar surface area (TPSA) is 27.1 Å². The fraction of sp³-hybridized carbons (Fsp3) is 0.533. The van der Waals surface area contributed by atoms with E-state index in [0.717, 1.165) is 30.6 Å². The lowest BCUT2D eigenvalue weighted by atomic mass is 9.74. The molecule has 1 aromatic heterocycles. The Morgan fingerprint density at radius 1 is 1.45 bits per heavy atom. The third-order valence-electron chi connectivity index (χ3n) is 4.53. The van der Waals surface area contributed by atoms with Gasteiger partial charge >= 0.3 is 0 Å². The Bertz CT molecular complexity index is 643. The molecule has 0 spiro atoms. The summed E-state index contributed by atoms with van der Waals surface area (Å²) >= 11 is 6.05. The molecule has 5 heteroatoms. The third kappa shape index (κ3) is 1.81. The lowest BCUT2D eigenvalue weighted by Gasteiger charge is -2.44. The van der Waals surface area contributed by atoms with Gasteiger partial charge in [-0.25, -0.2) is 9.37 Å². The summed E-state index contributed by atoms with van der Waals surface area (Å²) in [5.41, 5.74) is 1.65. The van der Waals surface area contributed by atoms with Gasteiger partial charge in [-0.15, -0.1) is 11.6 Å². The van der Waals surface area contributed by atoms with Crippen LogP contribution in [0.5, 0.6) is 5.75 Å². The number of fused-ring (bicyclic) bond motifs is 1. The predicted molar refractivity (Wildman–Crippen MR) is 77.9 cm³/mol. The van der Waals surface area contributed by atoms with Crippen LogP contribution in [0.2, 0.25) is 0 Å². The molecular weight excluding hydrogens is 279 g/mol. The van der Waals surface area contributed by atoms with Gasteiger partial charge in [0.2, 0.25) is 0 Å². The third-order valence-corrected chi connectivity index (χ3v) is 4.77. The maximum absolute atomic E-state index is 13.8. The zero-order chi connectivity index (χ0) is 14.3. The van der Waals surface area contributed by atoms with E-state index < -0.39 is 0 Å². The Kier molecular flexibility index (Phi) is 3.36. The average Bonchev–Trinajstić information content (AvgIpc) is 2.75. The molecular formula is C15H18ClFN2O. The first-order valence-corrected chi connectivity index (χ1v) is 7.50. The van der Waals surface area contributed by atoms with Crippen molar-refractivity contribution >= 4 is 22.6 Å². The molecule has 3 nitrogen and oxygen atoms in total. The van der Waals surface area contributed by atoms with Crippen LogP contribution in [-0.4, -0.2) is 16.7 Å². The molecule has 1 aliphatic rings. The van der Waals surface area contributed by atoms with Gasteiger partial charge in [0.25, 0.3) is 0 Å². The zero-order valence-electron chi connectivity index (χ0n) is 11.7. The van der Waals surface area contributed by atoms with Crippen LogP contribution >= 0.6 is 11.6 Å². The van der Waals surface area contributed by atoms with Crippen molar-refractivity contribution in [2.45, 2.75) is 44.0 Å². The van der Waals surface area contributed by atoms with E-state index in [2.05, 4.69) is 16.5 Å². The second-order valence-corrected chi connectivity index (χ2v) is 5.67. The summed E-state index contributed by atoms with van der Waals surface area (Å²) in [5, 5.41) is 0. The first-order chi connectivity index (χ1) is 9.65. The van der Waals surface area contributed by atoms with Gasteiger partial charge in [0.05, 0.1) is 24.0 Å². The minimum absolute atomic E-state index is 0.0851. The highest BCUT2D eigenvalue weighted by Crippen LogP contribution is 2.45. The number of halogens is 2. The smallest absolute Gasteiger partial charge is 0.167 e. The van der Waals surface area contributed by atoms with Gasteiger partial charge < -0.3 is 9.30 Å². The quantitative estimate of drug-likeness (QED) is 0.790. The van der Waals surface area contributed by atoms with Crippen molar-refractivity contribution in [3.05, 3.63) is 23.8 Å². The summed E-state index contributed by atoms with van der Waals surface area (Å²) in [4.78, 5) is 4.50. The summed E-state index contributed by atoms with van der Waals surface area (Å²) in [7, 11) is 1.48. The summed E-state index contributed by atoms with van der Waals surface area (Å²) < 4.78 is 21.1. The molecule has 1 aromatic carbocycles. The van der Waals surface area contributed by atoms with Gasteiger partial charge in [-0.2, -0.15) is 0 Å². The van der Waals surface area contributed by atoms with Crippen molar-refractivity contribution in [3.8, 4) is 5.75 Å². The molecule has 0 unspecified atom stereocenters. The Balaban J connectivity index is 2.28. The van der Waals surface area contributed by atoms with Crippen molar-refractivity contribution in [1.82, 2.24) is 9.55 Å². The maximum Gasteiger partial charge on any atom is 0.167 e. The number of hydrogen-bond donors (Lipinski definition) is 0. The van der Waals surface area contributed by atoms with Gasteiger partial charge in [0.15, 0.2) is 11.6 Å². The second kappa shape index (κ2) is 4.92. The molecule has 0 atom stereocenters. The van der Waals surface area contributed by atoms with E-state index in [-0.39, 0.29) is 17.1 Å². The zero-order valence-corrected chi connectivity index (χ0v) is 12.5. The molecule has 3 rings (SSSR count). The summed E-state index contributed by atoms with van der Waals surface area (Å²) in [6.07, 6.45) is 4.49. The van der Waals surface area contributed by atoms with E-state index in [1.807, 2.05) is 0 Å². The largest absolute Gasteiger partial charge is 0.494 e. The van der Waals surface area contributed by atoms with Gasteiger partial charge in [-0.3, -0.25) is 0 Å². The van der Waals surface area contributed by atoms with Crippen LogP contribution in [0.15, 0.2) is 12.1 Å². The summed E-state index contributed by atoms with van der Waals surface area (Å²) in [6.45, 7) is 2.18. The van der Waals surface area contributed by atoms with E-state index >= 15 is 0 Å². The first kappa shape index (κ1) is 13.7. The molecule has 2 aromatic rings. The Morgan fingerprint density at radius 2 is 2.20 bits per heavy atom. The van der Waals surface area contributed by atoms with E-state index in [4.69, 9.17) is 16.3 Å². The molecule has 1 saturated carbocycles.